The molecule has 1 aliphatic heterocycles. The standard InChI is InChI=1S/C34H41N3O4/c1-7-35-28-20-30-26(18-22(28)3)33(27-19-23(4)29(36-8-2)21-31(27)41-30)24-14-11-12-15-25(24)34(39)37(5)17-13-9-10-16-32(38)40-6/h11-12,14-15,18-21,35H,7-10,13,16-17H2,1-6H3/p+1. The minimum absolute atomic E-state index is 0.0300. The first-order valence-electron chi connectivity index (χ1n) is 14.5. The number of carbonyl (C=O) groups excluding carboxylic acids is 2. The summed E-state index contributed by atoms with van der Waals surface area (Å²) in [5, 5.41) is 5.44. The van der Waals surface area contributed by atoms with Crippen molar-refractivity contribution in [3.8, 4) is 22.5 Å². The largest absolute Gasteiger partial charge is 0.469 e. The Kier molecular flexibility index (Phi) is 9.82. The van der Waals surface area contributed by atoms with E-state index in [2.05, 4.69) is 62.3 Å². The van der Waals surface area contributed by atoms with Gasteiger partial charge in [0, 0.05) is 66.0 Å². The molecule has 4 rings (SSSR count). The number of amides is 1. The van der Waals surface area contributed by atoms with Gasteiger partial charge in [-0.1, -0.05) is 24.6 Å². The zero-order chi connectivity index (χ0) is 29.5. The number of hydrogen-bond acceptors (Lipinski definition) is 5. The molecule has 0 unspecified atom stereocenters. The Balaban J connectivity index is 1.82. The maximum atomic E-state index is 13.9. The summed E-state index contributed by atoms with van der Waals surface area (Å²) in [6, 6.07) is 16.3. The summed E-state index contributed by atoms with van der Waals surface area (Å²) in [7, 11) is 3.25. The van der Waals surface area contributed by atoms with Gasteiger partial charge >= 0.3 is 5.97 Å². The van der Waals surface area contributed by atoms with E-state index in [9.17, 15) is 9.59 Å². The molecule has 1 amide bonds. The molecule has 216 valence electrons. The maximum absolute atomic E-state index is 13.9. The van der Waals surface area contributed by atoms with Gasteiger partial charge in [-0.3, -0.25) is 9.59 Å². The van der Waals surface area contributed by atoms with Gasteiger partial charge in [0.05, 0.1) is 13.2 Å². The number of esters is 1. The van der Waals surface area contributed by atoms with Crippen molar-refractivity contribution in [3.05, 3.63) is 70.6 Å². The first-order valence-corrected chi connectivity index (χ1v) is 14.5. The van der Waals surface area contributed by atoms with Crippen molar-refractivity contribution >= 4 is 28.5 Å². The van der Waals surface area contributed by atoms with Crippen LogP contribution in [-0.4, -0.2) is 50.6 Å². The van der Waals surface area contributed by atoms with Crippen molar-refractivity contribution in [2.24, 2.45) is 0 Å². The molecule has 0 saturated heterocycles. The van der Waals surface area contributed by atoms with Crippen molar-refractivity contribution in [3.63, 3.8) is 0 Å². The van der Waals surface area contributed by atoms with E-state index >= 15 is 0 Å². The summed E-state index contributed by atoms with van der Waals surface area (Å²) in [6.45, 7) is 10.6. The number of aryl methyl sites for hydroxylation is 2. The molecule has 2 aromatic carbocycles. The Hall–Kier alpha value is -4.13. The van der Waals surface area contributed by atoms with Gasteiger partial charge in [0.25, 0.3) is 5.91 Å². The van der Waals surface area contributed by atoms with Gasteiger partial charge in [-0.2, -0.15) is 0 Å². The summed E-state index contributed by atoms with van der Waals surface area (Å²) < 4.78 is 11.3. The number of benzene rings is 3. The predicted octanol–water partition coefficient (Wildman–Crippen LogP) is 5.06. The number of unbranched alkanes of at least 4 members (excludes halogenated alkanes) is 2. The highest BCUT2D eigenvalue weighted by molar-refractivity contribution is 6.09. The number of ether oxygens (including phenoxy) is 1. The predicted molar refractivity (Wildman–Crippen MR) is 164 cm³/mol. The van der Waals surface area contributed by atoms with Crippen LogP contribution in [0.2, 0.25) is 0 Å². The van der Waals surface area contributed by atoms with Gasteiger partial charge in [-0.25, -0.2) is 4.99 Å². The molecule has 1 heterocycles. The molecule has 7 heteroatoms. The molecule has 2 N–H and O–H groups in total. The molecule has 7 nitrogen and oxygen atoms in total. The lowest BCUT2D eigenvalue weighted by atomic mass is 9.89. The quantitative estimate of drug-likeness (QED) is 0.153. The summed E-state index contributed by atoms with van der Waals surface area (Å²) in [5.41, 5.74) is 7.53. The SMILES string of the molecule is CCNc1cc2oc3cc(=[NH+]CC)c(C)cc-3c(-c3ccccc3C(=O)N(C)CCCCCC(=O)OC)c2cc1C. The van der Waals surface area contributed by atoms with E-state index in [0.29, 0.717) is 18.5 Å². The fourth-order valence-corrected chi connectivity index (χ4v) is 5.34. The minimum Gasteiger partial charge on any atom is -0.469 e. The maximum Gasteiger partial charge on any atom is 0.305 e. The zero-order valence-corrected chi connectivity index (χ0v) is 25.1. The summed E-state index contributed by atoms with van der Waals surface area (Å²) in [5.74, 6) is 0.539. The van der Waals surface area contributed by atoms with Crippen molar-refractivity contribution < 1.29 is 23.7 Å². The number of nitrogens with zero attached hydrogens (tertiary/aromatic N) is 1. The minimum atomic E-state index is -0.196. The lowest BCUT2D eigenvalue weighted by Crippen LogP contribution is -2.76. The molecule has 0 saturated carbocycles. The average Bonchev–Trinajstić information content (AvgIpc) is 2.96. The van der Waals surface area contributed by atoms with Gasteiger partial charge < -0.3 is 19.4 Å². The topological polar surface area (TPSA) is 85.8 Å². The lowest BCUT2D eigenvalue weighted by molar-refractivity contribution is -0.496. The van der Waals surface area contributed by atoms with E-state index in [-0.39, 0.29) is 11.9 Å². The van der Waals surface area contributed by atoms with Crippen LogP contribution in [-0.2, 0) is 9.53 Å². The number of carbonyl (C=O) groups is 2. The second-order valence-corrected chi connectivity index (χ2v) is 10.5. The number of methoxy groups -OCH3 is 1. The van der Waals surface area contributed by atoms with Gasteiger partial charge in [-0.15, -0.1) is 0 Å². The molecule has 0 radical (unpaired) electrons. The Morgan fingerprint density at radius 2 is 1.76 bits per heavy atom. The first-order chi connectivity index (χ1) is 19.8. The van der Waals surface area contributed by atoms with Crippen LogP contribution >= 0.6 is 0 Å². The third-order valence-corrected chi connectivity index (χ3v) is 7.52. The van der Waals surface area contributed by atoms with Crippen LogP contribution in [0.5, 0.6) is 0 Å². The molecule has 2 aromatic rings. The van der Waals surface area contributed by atoms with E-state index in [1.165, 1.54) is 7.11 Å². The summed E-state index contributed by atoms with van der Waals surface area (Å²) in [4.78, 5) is 30.5. The molecule has 0 atom stereocenters. The molecule has 1 aliphatic carbocycles. The fourth-order valence-electron chi connectivity index (χ4n) is 5.34. The number of fused-ring (bicyclic) bond motifs is 2. The monoisotopic (exact) mass is 556 g/mol. The van der Waals surface area contributed by atoms with E-state index < -0.39 is 0 Å². The second kappa shape index (κ2) is 13.5. The molecule has 0 aromatic heterocycles. The van der Waals surface area contributed by atoms with Crippen LogP contribution in [0.25, 0.3) is 33.4 Å². The molecular formula is C34H42N3O4+. The van der Waals surface area contributed by atoms with Crippen molar-refractivity contribution in [2.75, 3.05) is 39.1 Å². The summed E-state index contributed by atoms with van der Waals surface area (Å²) in [6.07, 6.45) is 2.82. The second-order valence-electron chi connectivity index (χ2n) is 10.5. The van der Waals surface area contributed by atoms with Crippen LogP contribution in [0.3, 0.4) is 0 Å². The number of anilines is 1. The highest BCUT2D eigenvalue weighted by Gasteiger charge is 2.24. The van der Waals surface area contributed by atoms with E-state index in [1.54, 1.807) is 4.90 Å². The Morgan fingerprint density at radius 3 is 2.49 bits per heavy atom. The van der Waals surface area contributed by atoms with Gasteiger partial charge in [0.2, 0.25) is 5.36 Å². The van der Waals surface area contributed by atoms with Crippen LogP contribution in [0, 0.1) is 13.8 Å². The van der Waals surface area contributed by atoms with Crippen LogP contribution in [0.4, 0.5) is 5.69 Å². The Bertz CT molecular complexity index is 1590. The van der Waals surface area contributed by atoms with Gasteiger partial charge in [-0.05, 0) is 69.9 Å². The molecule has 0 bridgehead atoms. The van der Waals surface area contributed by atoms with E-state index in [1.807, 2.05) is 31.3 Å². The highest BCUT2D eigenvalue weighted by atomic mass is 16.5. The number of rotatable bonds is 11. The first kappa shape index (κ1) is 29.8. The number of hydrogen-bond donors (Lipinski definition) is 2. The van der Waals surface area contributed by atoms with Gasteiger partial charge in [0.1, 0.15) is 17.9 Å². The normalized spacial score (nSPS) is 11.7. The lowest BCUT2D eigenvalue weighted by Gasteiger charge is -2.22. The third kappa shape index (κ3) is 6.62. The van der Waals surface area contributed by atoms with Crippen LogP contribution in [0.15, 0.2) is 52.9 Å². The Morgan fingerprint density at radius 1 is 0.976 bits per heavy atom. The highest BCUT2D eigenvalue weighted by Crippen LogP contribution is 2.43. The summed E-state index contributed by atoms with van der Waals surface area (Å²) >= 11 is 0. The Labute approximate surface area is 242 Å². The molecule has 0 spiro atoms. The van der Waals surface area contributed by atoms with E-state index in [0.717, 1.165) is 87.9 Å². The van der Waals surface area contributed by atoms with Crippen molar-refractivity contribution in [1.29, 1.82) is 0 Å². The van der Waals surface area contributed by atoms with Gasteiger partial charge in [0.15, 0.2) is 0 Å². The van der Waals surface area contributed by atoms with E-state index in [4.69, 9.17) is 9.15 Å². The molecule has 2 aliphatic rings. The van der Waals surface area contributed by atoms with Crippen LogP contribution in [0.1, 0.15) is 61.0 Å². The smallest absolute Gasteiger partial charge is 0.305 e. The fraction of sp³-hybridized carbons (Fsp3) is 0.382. The molecule has 0 fully saturated rings. The average molecular weight is 557 g/mol. The third-order valence-electron chi connectivity index (χ3n) is 7.52. The van der Waals surface area contributed by atoms with Crippen molar-refractivity contribution in [2.45, 2.75) is 53.4 Å². The number of nitrogens with one attached hydrogen (secondary N) is 2. The molecule has 41 heavy (non-hydrogen) atoms. The van der Waals surface area contributed by atoms with Crippen LogP contribution < -0.4 is 15.7 Å². The molecular weight excluding hydrogens is 514 g/mol. The van der Waals surface area contributed by atoms with Crippen molar-refractivity contribution in [1.82, 2.24) is 4.90 Å². The zero-order valence-electron chi connectivity index (χ0n) is 25.1.